The molecule has 1 N–H and O–H groups in total. The molecule has 0 fully saturated rings. The minimum absolute atomic E-state index is 0.0697. The second kappa shape index (κ2) is 10.1. The van der Waals surface area contributed by atoms with Crippen LogP contribution in [0.25, 0.3) is 11.0 Å². The van der Waals surface area contributed by atoms with E-state index in [1.165, 1.54) is 0 Å². The summed E-state index contributed by atoms with van der Waals surface area (Å²) in [4.78, 5) is 27.6. The molecular weight excluding hydrogens is 482 g/mol. The van der Waals surface area contributed by atoms with Crippen LogP contribution in [0.1, 0.15) is 32.8 Å². The van der Waals surface area contributed by atoms with Crippen LogP contribution in [-0.4, -0.2) is 40.9 Å². The quantitative estimate of drug-likeness (QED) is 0.363. The fourth-order valence-corrected chi connectivity index (χ4v) is 4.36. The molecule has 2 aromatic carbocycles. The first-order valence-electron chi connectivity index (χ1n) is 10.8. The average Bonchev–Trinajstić information content (AvgIpc) is 3.43. The van der Waals surface area contributed by atoms with Gasteiger partial charge in [-0.1, -0.05) is 30.3 Å². The van der Waals surface area contributed by atoms with Crippen molar-refractivity contribution in [2.24, 2.45) is 7.05 Å². The van der Waals surface area contributed by atoms with Crippen LogP contribution in [0, 0.1) is 0 Å². The van der Waals surface area contributed by atoms with Crippen molar-refractivity contribution in [3.05, 3.63) is 94.4 Å². The van der Waals surface area contributed by atoms with Crippen molar-refractivity contribution in [3.63, 3.8) is 0 Å². The number of likely N-dealkylation sites (N-methyl/N-ethyl adjacent to an activating group) is 1. The number of hydrogen-bond donors (Lipinski definition) is 1. The van der Waals surface area contributed by atoms with Crippen molar-refractivity contribution in [1.29, 1.82) is 0 Å². The summed E-state index contributed by atoms with van der Waals surface area (Å²) in [5, 5.41) is 3.85. The fraction of sp³-hybridized carbons (Fsp3) is 0.231. The van der Waals surface area contributed by atoms with E-state index >= 15 is 0 Å². The van der Waals surface area contributed by atoms with Gasteiger partial charge in [0.05, 0.1) is 4.47 Å². The maximum absolute atomic E-state index is 13.4. The van der Waals surface area contributed by atoms with Crippen LogP contribution < -0.4 is 5.32 Å². The first kappa shape index (κ1) is 22.9. The van der Waals surface area contributed by atoms with Crippen LogP contribution in [0.3, 0.4) is 0 Å². The number of furan rings is 1. The first-order chi connectivity index (χ1) is 15.9. The van der Waals surface area contributed by atoms with Gasteiger partial charge in [0.2, 0.25) is 0 Å². The summed E-state index contributed by atoms with van der Waals surface area (Å²) in [6.07, 6.45) is 4.79. The second-order valence-corrected chi connectivity index (χ2v) is 8.96. The molecule has 6 nitrogen and oxygen atoms in total. The van der Waals surface area contributed by atoms with Crippen LogP contribution in [-0.2, 0) is 13.5 Å². The molecule has 2 heterocycles. The Bertz CT molecular complexity index is 1260. The SMILES string of the molecule is CN(C(=O)c1ccc2occ(Br)c2c1)[C@H](CCNC(=O)c1cccn1C)Cc1ccccc1. The molecular formula is C26H26BrN3O3. The molecule has 170 valence electrons. The van der Waals surface area contributed by atoms with Gasteiger partial charge in [-0.2, -0.15) is 0 Å². The van der Waals surface area contributed by atoms with E-state index in [0.717, 1.165) is 21.0 Å². The Morgan fingerprint density at radius 2 is 1.91 bits per heavy atom. The van der Waals surface area contributed by atoms with E-state index in [4.69, 9.17) is 4.42 Å². The van der Waals surface area contributed by atoms with E-state index in [1.807, 2.05) is 56.7 Å². The van der Waals surface area contributed by atoms with Gasteiger partial charge in [0.25, 0.3) is 11.8 Å². The number of carbonyl (C=O) groups excluding carboxylic acids is 2. The number of nitrogens with one attached hydrogen (secondary N) is 1. The summed E-state index contributed by atoms with van der Waals surface area (Å²) >= 11 is 3.47. The Morgan fingerprint density at radius 1 is 1.12 bits per heavy atom. The Hall–Kier alpha value is -3.32. The zero-order valence-corrected chi connectivity index (χ0v) is 20.2. The molecule has 0 saturated heterocycles. The van der Waals surface area contributed by atoms with E-state index < -0.39 is 0 Å². The Morgan fingerprint density at radius 3 is 2.64 bits per heavy atom. The Balaban J connectivity index is 1.49. The van der Waals surface area contributed by atoms with Crippen molar-refractivity contribution >= 4 is 38.7 Å². The Kier molecular flexibility index (Phi) is 6.99. The maximum atomic E-state index is 13.4. The zero-order valence-electron chi connectivity index (χ0n) is 18.6. The number of rotatable bonds is 8. The molecule has 7 heteroatoms. The first-order valence-corrected chi connectivity index (χ1v) is 11.6. The van der Waals surface area contributed by atoms with Gasteiger partial charge < -0.3 is 19.2 Å². The molecule has 2 amide bonds. The smallest absolute Gasteiger partial charge is 0.267 e. The van der Waals surface area contributed by atoms with Crippen LogP contribution in [0.4, 0.5) is 0 Å². The van der Waals surface area contributed by atoms with Crippen molar-refractivity contribution in [3.8, 4) is 0 Å². The summed E-state index contributed by atoms with van der Waals surface area (Å²) in [6, 6.07) is 19.1. The van der Waals surface area contributed by atoms with E-state index in [-0.39, 0.29) is 17.9 Å². The molecule has 4 rings (SSSR count). The van der Waals surface area contributed by atoms with E-state index in [2.05, 4.69) is 33.4 Å². The second-order valence-electron chi connectivity index (χ2n) is 8.10. The summed E-state index contributed by atoms with van der Waals surface area (Å²) < 4.78 is 8.08. The standard InChI is InChI=1S/C26H26BrN3O3/c1-29-14-6-9-23(29)25(31)28-13-12-20(15-18-7-4-3-5-8-18)30(2)26(32)19-10-11-24-21(16-19)22(27)17-33-24/h3-11,14,16-17,20H,12-13,15H2,1-2H3,(H,28,31)/t20-/m1/s1. The molecule has 4 aromatic rings. The third-order valence-electron chi connectivity index (χ3n) is 5.89. The van der Waals surface area contributed by atoms with E-state index in [9.17, 15) is 9.59 Å². The third kappa shape index (κ3) is 5.20. The van der Waals surface area contributed by atoms with Crippen molar-refractivity contribution in [2.45, 2.75) is 18.9 Å². The summed E-state index contributed by atoms with van der Waals surface area (Å²) in [6.45, 7) is 0.464. The third-order valence-corrected chi connectivity index (χ3v) is 6.51. The molecule has 1 atom stereocenters. The molecule has 33 heavy (non-hydrogen) atoms. The summed E-state index contributed by atoms with van der Waals surface area (Å²) in [7, 11) is 3.67. The van der Waals surface area contributed by atoms with Crippen LogP contribution in [0.2, 0.25) is 0 Å². The lowest BCUT2D eigenvalue weighted by Crippen LogP contribution is -2.41. The highest BCUT2D eigenvalue weighted by Gasteiger charge is 2.23. The number of hydrogen-bond acceptors (Lipinski definition) is 3. The van der Waals surface area contributed by atoms with Crippen molar-refractivity contribution < 1.29 is 14.0 Å². The van der Waals surface area contributed by atoms with E-state index in [0.29, 0.717) is 30.6 Å². The molecule has 0 radical (unpaired) electrons. The predicted molar refractivity (Wildman–Crippen MR) is 132 cm³/mol. The van der Waals surface area contributed by atoms with Gasteiger partial charge in [-0.15, -0.1) is 0 Å². The molecule has 0 aliphatic heterocycles. The monoisotopic (exact) mass is 507 g/mol. The van der Waals surface area contributed by atoms with Gasteiger partial charge in [0, 0.05) is 43.8 Å². The average molecular weight is 508 g/mol. The van der Waals surface area contributed by atoms with Gasteiger partial charge >= 0.3 is 0 Å². The molecule has 0 aliphatic rings. The molecule has 2 aromatic heterocycles. The Labute approximate surface area is 201 Å². The normalized spacial score (nSPS) is 12.0. The van der Waals surface area contributed by atoms with Crippen molar-refractivity contribution in [2.75, 3.05) is 13.6 Å². The van der Waals surface area contributed by atoms with Crippen LogP contribution in [0.15, 0.2) is 82.0 Å². The number of carbonyl (C=O) groups is 2. The number of amides is 2. The highest BCUT2D eigenvalue weighted by atomic mass is 79.9. The lowest BCUT2D eigenvalue weighted by molar-refractivity contribution is 0.0723. The van der Waals surface area contributed by atoms with Gasteiger partial charge in [0.15, 0.2) is 0 Å². The van der Waals surface area contributed by atoms with Gasteiger partial charge in [-0.05, 0) is 64.7 Å². The van der Waals surface area contributed by atoms with Gasteiger partial charge in [-0.25, -0.2) is 0 Å². The molecule has 0 aliphatic carbocycles. The lowest BCUT2D eigenvalue weighted by Gasteiger charge is -2.29. The number of halogens is 1. The van der Waals surface area contributed by atoms with Gasteiger partial charge in [0.1, 0.15) is 17.5 Å². The highest BCUT2D eigenvalue weighted by Crippen LogP contribution is 2.27. The van der Waals surface area contributed by atoms with Crippen LogP contribution in [0.5, 0.6) is 0 Å². The summed E-state index contributed by atoms with van der Waals surface area (Å²) in [5.74, 6) is -0.190. The molecule has 0 saturated carbocycles. The maximum Gasteiger partial charge on any atom is 0.267 e. The minimum Gasteiger partial charge on any atom is -0.463 e. The number of nitrogens with zero attached hydrogens (tertiary/aromatic N) is 2. The number of benzene rings is 2. The summed E-state index contributed by atoms with van der Waals surface area (Å²) in [5.41, 5.74) is 3.07. The van der Waals surface area contributed by atoms with Crippen molar-refractivity contribution in [1.82, 2.24) is 14.8 Å². The topological polar surface area (TPSA) is 67.5 Å². The molecule has 0 spiro atoms. The van der Waals surface area contributed by atoms with E-state index in [1.54, 1.807) is 27.9 Å². The number of fused-ring (bicyclic) bond motifs is 1. The molecule has 0 bridgehead atoms. The lowest BCUT2D eigenvalue weighted by atomic mass is 10.0. The van der Waals surface area contributed by atoms with Crippen LogP contribution >= 0.6 is 15.9 Å². The highest BCUT2D eigenvalue weighted by molar-refractivity contribution is 9.10. The zero-order chi connectivity index (χ0) is 23.4. The fourth-order valence-electron chi connectivity index (χ4n) is 3.96. The number of aryl methyl sites for hydroxylation is 1. The largest absolute Gasteiger partial charge is 0.463 e. The number of aromatic nitrogens is 1. The van der Waals surface area contributed by atoms with Gasteiger partial charge in [-0.3, -0.25) is 9.59 Å². The predicted octanol–water partition coefficient (Wildman–Crippen LogP) is 5.04. The molecule has 0 unspecified atom stereocenters. The minimum atomic E-state index is -0.120.